The van der Waals surface area contributed by atoms with Gasteiger partial charge in [-0.25, -0.2) is 4.79 Å². The summed E-state index contributed by atoms with van der Waals surface area (Å²) in [6, 6.07) is 9.46. The first-order valence-corrected chi connectivity index (χ1v) is 15.9. The Labute approximate surface area is 278 Å². The van der Waals surface area contributed by atoms with Crippen LogP contribution in [0.3, 0.4) is 0 Å². The number of amides is 2. The zero-order chi connectivity index (χ0) is 35.7. The Kier molecular flexibility index (Phi) is 17.8. The molecule has 1 heterocycles. The molecule has 0 bridgehead atoms. The third-order valence-corrected chi connectivity index (χ3v) is 7.92. The Morgan fingerprint density at radius 1 is 1.00 bits per heavy atom. The number of nitrogens with zero attached hydrogens (tertiary/aromatic N) is 3. The van der Waals surface area contributed by atoms with Gasteiger partial charge in [-0.3, -0.25) is 24.5 Å². The van der Waals surface area contributed by atoms with Crippen molar-refractivity contribution >= 4 is 34.9 Å². The summed E-state index contributed by atoms with van der Waals surface area (Å²) in [5.41, 5.74) is 1.97. The summed E-state index contributed by atoms with van der Waals surface area (Å²) in [6.45, 7) is 11.8. The number of likely N-dealkylation sites (tertiary alicyclic amines) is 1. The van der Waals surface area contributed by atoms with E-state index in [1.807, 2.05) is 20.8 Å². The van der Waals surface area contributed by atoms with Crippen molar-refractivity contribution in [2.75, 3.05) is 39.3 Å². The topological polar surface area (TPSA) is 146 Å². The van der Waals surface area contributed by atoms with Gasteiger partial charge in [0, 0.05) is 45.1 Å². The van der Waals surface area contributed by atoms with E-state index in [4.69, 9.17) is 14.2 Å². The number of nitro benzene ring substituents is 1. The maximum Gasteiger partial charge on any atom is 0.338 e. The number of nitro groups is 1. The van der Waals surface area contributed by atoms with Gasteiger partial charge in [-0.15, -0.1) is 0 Å². The fourth-order valence-corrected chi connectivity index (χ4v) is 4.81. The molecule has 0 spiro atoms. The molecule has 3 rings (SSSR count). The van der Waals surface area contributed by atoms with Gasteiger partial charge in [0.05, 0.1) is 43.0 Å². The number of ether oxygens (including phenoxy) is 3. The van der Waals surface area contributed by atoms with Crippen molar-refractivity contribution in [3.63, 3.8) is 0 Å². The molecule has 1 aliphatic heterocycles. The minimum atomic E-state index is -0.390. The van der Waals surface area contributed by atoms with E-state index in [9.17, 15) is 29.3 Å². The molecule has 0 N–H and O–H groups in total. The standard InChI is InChI=1S/C15H21NO4.C11H15NO3.C9H15NO2/c1-5-6-9-20-15(18)12-7-8-14(19-4)13(10-12)16(3)11(2)17;1-4-8(2)10-7-9(12(13)14)5-6-11(10)15-3;1-7(11)9-5-3-4-6-10(9)8(2)12/h7-8,10H,5-6,9H2,1-4H3;5-8H,4H2,1-3H3;9H,3-6H2,1-2H3. The Bertz CT molecular complexity index is 1340. The van der Waals surface area contributed by atoms with Gasteiger partial charge in [0.15, 0.2) is 5.78 Å². The molecule has 2 unspecified atom stereocenters. The van der Waals surface area contributed by atoms with Gasteiger partial charge in [-0.05, 0) is 69.2 Å². The largest absolute Gasteiger partial charge is 0.496 e. The average Bonchev–Trinajstić information content (AvgIpc) is 3.07. The van der Waals surface area contributed by atoms with Crippen molar-refractivity contribution in [1.29, 1.82) is 0 Å². The lowest BCUT2D eigenvalue weighted by atomic mass is 9.97. The van der Waals surface area contributed by atoms with Gasteiger partial charge in [0.2, 0.25) is 11.8 Å². The highest BCUT2D eigenvalue weighted by molar-refractivity contribution is 5.96. The normalized spacial score (nSPS) is 14.2. The van der Waals surface area contributed by atoms with Crippen molar-refractivity contribution in [3.05, 3.63) is 57.6 Å². The highest BCUT2D eigenvalue weighted by Gasteiger charge is 2.27. The first-order valence-electron chi connectivity index (χ1n) is 15.9. The van der Waals surface area contributed by atoms with E-state index in [0.29, 0.717) is 23.6 Å². The van der Waals surface area contributed by atoms with E-state index in [2.05, 4.69) is 0 Å². The second-order valence-corrected chi connectivity index (χ2v) is 11.3. The van der Waals surface area contributed by atoms with Crippen LogP contribution in [0.4, 0.5) is 11.4 Å². The summed E-state index contributed by atoms with van der Waals surface area (Å²) in [4.78, 5) is 58.9. The number of hydrogen-bond acceptors (Lipinski definition) is 9. The van der Waals surface area contributed by atoms with Gasteiger partial charge in [-0.1, -0.05) is 27.2 Å². The maximum absolute atomic E-state index is 11.9. The van der Waals surface area contributed by atoms with Gasteiger partial charge in [0.25, 0.3) is 5.69 Å². The molecule has 260 valence electrons. The molecule has 12 heteroatoms. The molecule has 0 aromatic heterocycles. The summed E-state index contributed by atoms with van der Waals surface area (Å²) in [7, 11) is 4.73. The van der Waals surface area contributed by atoms with Crippen LogP contribution in [0.25, 0.3) is 0 Å². The molecule has 1 fully saturated rings. The highest BCUT2D eigenvalue weighted by Crippen LogP contribution is 2.32. The van der Waals surface area contributed by atoms with Gasteiger partial charge in [-0.2, -0.15) is 0 Å². The number of esters is 1. The number of rotatable bonds is 11. The molecule has 47 heavy (non-hydrogen) atoms. The third-order valence-electron chi connectivity index (χ3n) is 7.92. The smallest absolute Gasteiger partial charge is 0.338 e. The Morgan fingerprint density at radius 2 is 1.64 bits per heavy atom. The van der Waals surface area contributed by atoms with Crippen molar-refractivity contribution < 1.29 is 38.3 Å². The monoisotopic (exact) mass is 657 g/mol. The molecule has 0 aliphatic carbocycles. The molecule has 12 nitrogen and oxygen atoms in total. The van der Waals surface area contributed by atoms with E-state index in [0.717, 1.165) is 56.4 Å². The molecule has 2 aromatic carbocycles. The number of benzene rings is 2. The molecular formula is C35H51N3O9. The van der Waals surface area contributed by atoms with Crippen LogP contribution in [-0.4, -0.2) is 73.9 Å². The third kappa shape index (κ3) is 12.7. The van der Waals surface area contributed by atoms with Crippen LogP contribution in [0.5, 0.6) is 11.5 Å². The van der Waals surface area contributed by atoms with E-state index in [-0.39, 0.29) is 46.1 Å². The predicted molar refractivity (Wildman–Crippen MR) is 181 cm³/mol. The molecule has 0 radical (unpaired) electrons. The number of methoxy groups -OCH3 is 2. The predicted octanol–water partition coefficient (Wildman–Crippen LogP) is 6.73. The number of unbranched alkanes of at least 4 members (excludes halogenated alkanes) is 1. The van der Waals surface area contributed by atoms with Crippen LogP contribution in [-0.2, 0) is 19.1 Å². The first kappa shape index (κ1) is 40.5. The Hall–Kier alpha value is -4.48. The lowest BCUT2D eigenvalue weighted by Crippen LogP contribution is -2.46. The van der Waals surface area contributed by atoms with Gasteiger partial charge < -0.3 is 24.0 Å². The molecule has 0 saturated carbocycles. The molecule has 2 atom stereocenters. The van der Waals surface area contributed by atoms with Crippen LogP contribution in [0.1, 0.15) is 102 Å². The maximum atomic E-state index is 11.9. The SMILES string of the molecule is CC(=O)C1CCCCN1C(C)=O.CCC(C)c1cc([N+](=O)[O-])ccc1OC.CCCCOC(=O)c1ccc(OC)c(N(C)C(C)=O)c1. The first-order chi connectivity index (χ1) is 22.2. The molecule has 1 aliphatic rings. The lowest BCUT2D eigenvalue weighted by molar-refractivity contribution is -0.385. The van der Waals surface area contributed by atoms with Gasteiger partial charge in [0.1, 0.15) is 11.5 Å². The number of non-ortho nitro benzene ring substituents is 1. The zero-order valence-corrected chi connectivity index (χ0v) is 29.3. The number of ketones is 1. The fourth-order valence-electron chi connectivity index (χ4n) is 4.81. The zero-order valence-electron chi connectivity index (χ0n) is 29.3. The van der Waals surface area contributed by atoms with Crippen LogP contribution >= 0.6 is 0 Å². The molecule has 2 amide bonds. The number of piperidine rings is 1. The summed E-state index contributed by atoms with van der Waals surface area (Å²) >= 11 is 0. The second kappa shape index (κ2) is 20.6. The van der Waals surface area contributed by atoms with Gasteiger partial charge >= 0.3 is 5.97 Å². The molecule has 2 aromatic rings. The number of carbonyl (C=O) groups is 4. The Morgan fingerprint density at radius 3 is 2.13 bits per heavy atom. The number of hydrogen-bond donors (Lipinski definition) is 0. The highest BCUT2D eigenvalue weighted by atomic mass is 16.6. The van der Waals surface area contributed by atoms with Crippen molar-refractivity contribution in [2.24, 2.45) is 0 Å². The van der Waals surface area contributed by atoms with E-state index >= 15 is 0 Å². The second-order valence-electron chi connectivity index (χ2n) is 11.3. The van der Waals surface area contributed by atoms with E-state index < -0.39 is 0 Å². The van der Waals surface area contributed by atoms with Crippen molar-refractivity contribution in [1.82, 2.24) is 4.90 Å². The summed E-state index contributed by atoms with van der Waals surface area (Å²) in [5.74, 6) is 1.13. The quantitative estimate of drug-likeness (QED) is 0.111. The van der Waals surface area contributed by atoms with E-state index in [1.165, 1.54) is 31.9 Å². The average molecular weight is 658 g/mol. The van der Waals surface area contributed by atoms with Crippen LogP contribution < -0.4 is 14.4 Å². The van der Waals surface area contributed by atoms with Crippen molar-refractivity contribution in [3.8, 4) is 11.5 Å². The van der Waals surface area contributed by atoms with Crippen LogP contribution in [0.2, 0.25) is 0 Å². The van der Waals surface area contributed by atoms with Crippen LogP contribution in [0, 0.1) is 10.1 Å². The summed E-state index contributed by atoms with van der Waals surface area (Å²) in [5, 5.41) is 10.6. The van der Waals surface area contributed by atoms with E-state index in [1.54, 1.807) is 56.3 Å². The fraction of sp³-hybridized carbons (Fsp3) is 0.543. The number of anilines is 1. The van der Waals surface area contributed by atoms with Crippen molar-refractivity contribution in [2.45, 2.75) is 92.0 Å². The minimum absolute atomic E-state index is 0.0231. The summed E-state index contributed by atoms with van der Waals surface area (Å²) < 4.78 is 15.5. The molecular weight excluding hydrogens is 606 g/mol. The lowest BCUT2D eigenvalue weighted by Gasteiger charge is -2.33. The number of Topliss-reactive ketones (excluding diaryl/α,β-unsaturated/α-hetero) is 1. The molecule has 1 saturated heterocycles. The van der Waals surface area contributed by atoms with Crippen LogP contribution in [0.15, 0.2) is 36.4 Å². The summed E-state index contributed by atoms with van der Waals surface area (Å²) in [6.07, 6.45) is 5.67. The number of carbonyl (C=O) groups excluding carboxylic acids is 4. The minimum Gasteiger partial charge on any atom is -0.496 e. The Balaban J connectivity index is 0.000000365.